The maximum atomic E-state index is 6.14. The molecule has 0 spiro atoms. The zero-order valence-corrected chi connectivity index (χ0v) is 12.4. The van der Waals surface area contributed by atoms with Crippen molar-refractivity contribution in [3.8, 4) is 0 Å². The lowest BCUT2D eigenvalue weighted by Gasteiger charge is -2.13. The summed E-state index contributed by atoms with van der Waals surface area (Å²) >= 11 is 12.0. The Kier molecular flexibility index (Phi) is 4.12. The summed E-state index contributed by atoms with van der Waals surface area (Å²) in [4.78, 5) is 8.70. The zero-order chi connectivity index (χ0) is 14.0. The van der Waals surface area contributed by atoms with E-state index in [-0.39, 0.29) is 0 Å². The van der Waals surface area contributed by atoms with Gasteiger partial charge in [0, 0.05) is 17.6 Å². The molecule has 0 aliphatic rings. The van der Waals surface area contributed by atoms with Gasteiger partial charge in [-0.15, -0.1) is 0 Å². The molecule has 0 unspecified atom stereocenters. The molecule has 2 aromatic rings. The van der Waals surface area contributed by atoms with Crippen molar-refractivity contribution in [2.24, 2.45) is 0 Å². The molecule has 1 aromatic carbocycles. The number of halogens is 2. The Labute approximate surface area is 122 Å². The van der Waals surface area contributed by atoms with Crippen LogP contribution < -0.4 is 10.6 Å². The predicted octanol–water partition coefficient (Wildman–Crippen LogP) is 4.19. The minimum Gasteiger partial charge on any atom is -0.373 e. The molecule has 4 nitrogen and oxygen atoms in total. The number of rotatable bonds is 3. The highest BCUT2D eigenvalue weighted by atomic mass is 35.5. The Bertz CT molecular complexity index is 614. The lowest BCUT2D eigenvalue weighted by Crippen LogP contribution is -2.05. The van der Waals surface area contributed by atoms with Crippen molar-refractivity contribution in [1.29, 1.82) is 0 Å². The molecular formula is C13H14Cl2N4. The molecular weight excluding hydrogens is 283 g/mol. The highest BCUT2D eigenvalue weighted by Crippen LogP contribution is 2.30. The Morgan fingerprint density at radius 1 is 1.05 bits per heavy atom. The summed E-state index contributed by atoms with van der Waals surface area (Å²) in [7, 11) is 1.83. The van der Waals surface area contributed by atoms with Gasteiger partial charge in [0.25, 0.3) is 0 Å². The Hall–Kier alpha value is -1.52. The van der Waals surface area contributed by atoms with Gasteiger partial charge in [0.1, 0.15) is 17.5 Å². The van der Waals surface area contributed by atoms with Gasteiger partial charge in [-0.25, -0.2) is 9.97 Å². The fraction of sp³-hybridized carbons (Fsp3) is 0.231. The van der Waals surface area contributed by atoms with Crippen molar-refractivity contribution in [2.45, 2.75) is 13.8 Å². The van der Waals surface area contributed by atoms with E-state index in [1.165, 1.54) is 0 Å². The highest BCUT2D eigenvalue weighted by Gasteiger charge is 2.10. The van der Waals surface area contributed by atoms with Crippen LogP contribution in [-0.4, -0.2) is 17.0 Å². The summed E-state index contributed by atoms with van der Waals surface area (Å²) < 4.78 is 0. The van der Waals surface area contributed by atoms with Crippen molar-refractivity contribution in [3.63, 3.8) is 0 Å². The summed E-state index contributed by atoms with van der Waals surface area (Å²) in [6, 6.07) is 5.28. The van der Waals surface area contributed by atoms with Gasteiger partial charge in [-0.2, -0.15) is 0 Å². The van der Waals surface area contributed by atoms with Gasteiger partial charge in [0.15, 0.2) is 0 Å². The number of anilines is 3. The van der Waals surface area contributed by atoms with Gasteiger partial charge in [0.05, 0.1) is 10.7 Å². The minimum absolute atomic E-state index is 0.550. The topological polar surface area (TPSA) is 49.8 Å². The summed E-state index contributed by atoms with van der Waals surface area (Å²) in [6.45, 7) is 3.78. The number of hydrogen-bond acceptors (Lipinski definition) is 4. The van der Waals surface area contributed by atoms with Crippen LogP contribution in [0.15, 0.2) is 18.2 Å². The van der Waals surface area contributed by atoms with Crippen LogP contribution in [0, 0.1) is 13.8 Å². The van der Waals surface area contributed by atoms with Crippen LogP contribution in [0.1, 0.15) is 11.4 Å². The molecule has 0 amide bonds. The molecule has 2 rings (SSSR count). The molecule has 100 valence electrons. The molecule has 0 bridgehead atoms. The average Bonchev–Trinajstić information content (AvgIpc) is 2.36. The van der Waals surface area contributed by atoms with E-state index in [0.717, 1.165) is 22.9 Å². The van der Waals surface area contributed by atoms with Crippen LogP contribution in [0.25, 0.3) is 0 Å². The lowest BCUT2D eigenvalue weighted by molar-refractivity contribution is 1.04. The minimum atomic E-state index is 0.550. The summed E-state index contributed by atoms with van der Waals surface area (Å²) in [6.07, 6.45) is 0. The van der Waals surface area contributed by atoms with Gasteiger partial charge in [-0.05, 0) is 32.0 Å². The maximum absolute atomic E-state index is 6.14. The monoisotopic (exact) mass is 296 g/mol. The molecule has 0 atom stereocenters. The molecule has 0 saturated carbocycles. The quantitative estimate of drug-likeness (QED) is 0.892. The summed E-state index contributed by atoms with van der Waals surface area (Å²) in [5.41, 5.74) is 1.69. The van der Waals surface area contributed by atoms with Gasteiger partial charge in [0.2, 0.25) is 0 Å². The number of aryl methyl sites for hydroxylation is 1. The lowest BCUT2D eigenvalue weighted by atomic mass is 10.2. The fourth-order valence-electron chi connectivity index (χ4n) is 1.71. The third-order valence-corrected chi connectivity index (χ3v) is 3.23. The van der Waals surface area contributed by atoms with E-state index >= 15 is 0 Å². The van der Waals surface area contributed by atoms with E-state index in [1.807, 2.05) is 27.0 Å². The van der Waals surface area contributed by atoms with E-state index in [1.54, 1.807) is 12.1 Å². The van der Waals surface area contributed by atoms with Crippen LogP contribution in [-0.2, 0) is 0 Å². The smallest absolute Gasteiger partial charge is 0.139 e. The third-order valence-electron chi connectivity index (χ3n) is 2.68. The first-order valence-electron chi connectivity index (χ1n) is 5.76. The van der Waals surface area contributed by atoms with Gasteiger partial charge < -0.3 is 10.6 Å². The van der Waals surface area contributed by atoms with Crippen LogP contribution in [0.3, 0.4) is 0 Å². The number of benzene rings is 1. The van der Waals surface area contributed by atoms with E-state index in [0.29, 0.717) is 15.9 Å². The van der Waals surface area contributed by atoms with Crippen molar-refractivity contribution in [1.82, 2.24) is 9.97 Å². The van der Waals surface area contributed by atoms with Crippen molar-refractivity contribution >= 4 is 40.5 Å². The van der Waals surface area contributed by atoms with E-state index in [2.05, 4.69) is 20.6 Å². The van der Waals surface area contributed by atoms with Crippen LogP contribution in [0.5, 0.6) is 0 Å². The standard InChI is InChI=1S/C13H14Cl2N4/c1-7-12(16-3)17-8(2)18-13(7)19-11-5-4-9(14)6-10(11)15/h4-6H,1-3H3,(H2,16,17,18,19). The number of nitrogens with zero attached hydrogens (tertiary/aromatic N) is 2. The predicted molar refractivity (Wildman–Crippen MR) is 80.8 cm³/mol. The van der Waals surface area contributed by atoms with Crippen molar-refractivity contribution in [2.75, 3.05) is 17.7 Å². The molecule has 19 heavy (non-hydrogen) atoms. The molecule has 2 N–H and O–H groups in total. The third kappa shape index (κ3) is 3.08. The molecule has 1 heterocycles. The fourth-order valence-corrected chi connectivity index (χ4v) is 2.17. The van der Waals surface area contributed by atoms with Gasteiger partial charge >= 0.3 is 0 Å². The molecule has 0 aliphatic heterocycles. The van der Waals surface area contributed by atoms with Crippen LogP contribution >= 0.6 is 23.2 Å². The number of nitrogens with one attached hydrogen (secondary N) is 2. The van der Waals surface area contributed by atoms with E-state index in [4.69, 9.17) is 23.2 Å². The SMILES string of the molecule is CNc1nc(C)nc(Nc2ccc(Cl)cc2Cl)c1C. The largest absolute Gasteiger partial charge is 0.373 e. The Balaban J connectivity index is 2.40. The van der Waals surface area contributed by atoms with Crippen LogP contribution in [0.4, 0.5) is 17.3 Å². The molecule has 0 fully saturated rings. The Morgan fingerprint density at radius 3 is 2.37 bits per heavy atom. The molecule has 0 saturated heterocycles. The molecule has 6 heteroatoms. The second kappa shape index (κ2) is 5.63. The molecule has 0 radical (unpaired) electrons. The number of aromatic nitrogens is 2. The van der Waals surface area contributed by atoms with E-state index < -0.39 is 0 Å². The molecule has 0 aliphatic carbocycles. The van der Waals surface area contributed by atoms with Crippen molar-refractivity contribution in [3.05, 3.63) is 39.6 Å². The summed E-state index contributed by atoms with van der Waals surface area (Å²) in [5.74, 6) is 2.20. The maximum Gasteiger partial charge on any atom is 0.139 e. The van der Waals surface area contributed by atoms with Gasteiger partial charge in [-0.1, -0.05) is 23.2 Å². The Morgan fingerprint density at radius 2 is 1.74 bits per heavy atom. The van der Waals surface area contributed by atoms with E-state index in [9.17, 15) is 0 Å². The second-order valence-electron chi connectivity index (χ2n) is 4.09. The number of hydrogen-bond donors (Lipinski definition) is 2. The normalized spacial score (nSPS) is 10.4. The first-order chi connectivity index (χ1) is 9.01. The summed E-state index contributed by atoms with van der Waals surface area (Å²) in [5, 5.41) is 7.39. The van der Waals surface area contributed by atoms with Crippen molar-refractivity contribution < 1.29 is 0 Å². The first kappa shape index (κ1) is 13.9. The van der Waals surface area contributed by atoms with Crippen LogP contribution in [0.2, 0.25) is 10.0 Å². The van der Waals surface area contributed by atoms with Gasteiger partial charge in [-0.3, -0.25) is 0 Å². The molecule has 1 aromatic heterocycles. The first-order valence-corrected chi connectivity index (χ1v) is 6.52. The highest BCUT2D eigenvalue weighted by molar-refractivity contribution is 6.36. The average molecular weight is 297 g/mol. The zero-order valence-electron chi connectivity index (χ0n) is 10.9. The second-order valence-corrected chi connectivity index (χ2v) is 4.94.